The predicted octanol–water partition coefficient (Wildman–Crippen LogP) is 2.02. The van der Waals surface area contributed by atoms with Gasteiger partial charge in [0.05, 0.1) is 0 Å². The van der Waals surface area contributed by atoms with Gasteiger partial charge in [0, 0.05) is 29.8 Å². The van der Waals surface area contributed by atoms with Gasteiger partial charge in [-0.25, -0.2) is 4.98 Å². The number of halogens is 1. The van der Waals surface area contributed by atoms with Gasteiger partial charge in [-0.2, -0.15) is 0 Å². The molecule has 1 aromatic heterocycles. The molecule has 2 heterocycles. The molecule has 82 valence electrons. The summed E-state index contributed by atoms with van der Waals surface area (Å²) < 4.78 is 1.02. The van der Waals surface area contributed by atoms with Gasteiger partial charge in [-0.1, -0.05) is 6.92 Å². The van der Waals surface area contributed by atoms with E-state index in [2.05, 4.69) is 32.7 Å². The van der Waals surface area contributed by atoms with E-state index in [0.717, 1.165) is 16.8 Å². The third-order valence-electron chi connectivity index (χ3n) is 3.13. The molecule has 1 aromatic rings. The molecule has 2 rings (SSSR count). The van der Waals surface area contributed by atoms with Crippen LogP contribution in [-0.4, -0.2) is 24.1 Å². The minimum absolute atomic E-state index is 0.443. The van der Waals surface area contributed by atoms with Gasteiger partial charge in [0.1, 0.15) is 5.82 Å². The minimum atomic E-state index is 0.443. The number of aromatic nitrogens is 1. The Morgan fingerprint density at radius 2 is 2.40 bits per heavy atom. The zero-order valence-corrected chi connectivity index (χ0v) is 10.4. The molecule has 1 saturated heterocycles. The molecule has 4 heteroatoms. The van der Waals surface area contributed by atoms with Crippen molar-refractivity contribution in [2.75, 3.05) is 18.0 Å². The SMILES string of the molecule is CC1CCN(c2ccc(Br)cn2)C1CN. The van der Waals surface area contributed by atoms with Gasteiger partial charge < -0.3 is 10.6 Å². The molecule has 1 aliphatic heterocycles. The van der Waals surface area contributed by atoms with Gasteiger partial charge in [-0.15, -0.1) is 0 Å². The number of nitrogens with two attached hydrogens (primary N) is 1. The lowest BCUT2D eigenvalue weighted by molar-refractivity contribution is 0.517. The second-order valence-electron chi connectivity index (χ2n) is 4.10. The lowest BCUT2D eigenvalue weighted by Crippen LogP contribution is -2.38. The lowest BCUT2D eigenvalue weighted by atomic mass is 10.0. The molecule has 0 radical (unpaired) electrons. The van der Waals surface area contributed by atoms with E-state index in [-0.39, 0.29) is 0 Å². The van der Waals surface area contributed by atoms with E-state index >= 15 is 0 Å². The van der Waals surface area contributed by atoms with Crippen LogP contribution in [0.2, 0.25) is 0 Å². The van der Waals surface area contributed by atoms with Crippen LogP contribution < -0.4 is 10.6 Å². The normalized spacial score (nSPS) is 25.9. The molecule has 2 N–H and O–H groups in total. The average molecular weight is 270 g/mol. The molecule has 0 aliphatic carbocycles. The number of pyridine rings is 1. The van der Waals surface area contributed by atoms with Crippen molar-refractivity contribution >= 4 is 21.7 Å². The van der Waals surface area contributed by atoms with Gasteiger partial charge >= 0.3 is 0 Å². The quantitative estimate of drug-likeness (QED) is 0.894. The molecule has 2 atom stereocenters. The Bertz CT molecular complexity index is 325. The first-order valence-electron chi connectivity index (χ1n) is 5.30. The van der Waals surface area contributed by atoms with Crippen molar-refractivity contribution < 1.29 is 0 Å². The maximum atomic E-state index is 5.80. The van der Waals surface area contributed by atoms with Crippen LogP contribution in [0.4, 0.5) is 5.82 Å². The number of nitrogens with zero attached hydrogens (tertiary/aromatic N) is 2. The van der Waals surface area contributed by atoms with Crippen LogP contribution in [0.3, 0.4) is 0 Å². The fourth-order valence-electron chi connectivity index (χ4n) is 2.19. The summed E-state index contributed by atoms with van der Waals surface area (Å²) in [5.74, 6) is 1.71. The molecular weight excluding hydrogens is 254 g/mol. The van der Waals surface area contributed by atoms with Gasteiger partial charge in [0.25, 0.3) is 0 Å². The first-order chi connectivity index (χ1) is 7.22. The maximum absolute atomic E-state index is 5.80. The molecule has 0 amide bonds. The Labute approximate surface area is 98.8 Å². The van der Waals surface area contributed by atoms with Crippen LogP contribution in [0.1, 0.15) is 13.3 Å². The summed E-state index contributed by atoms with van der Waals surface area (Å²) in [6, 6.07) is 4.52. The predicted molar refractivity (Wildman–Crippen MR) is 65.9 cm³/mol. The van der Waals surface area contributed by atoms with Crippen molar-refractivity contribution in [3.8, 4) is 0 Å². The summed E-state index contributed by atoms with van der Waals surface area (Å²) in [7, 11) is 0. The highest BCUT2D eigenvalue weighted by Crippen LogP contribution is 2.28. The van der Waals surface area contributed by atoms with E-state index in [1.807, 2.05) is 18.3 Å². The fourth-order valence-corrected chi connectivity index (χ4v) is 2.42. The van der Waals surface area contributed by atoms with Crippen molar-refractivity contribution in [2.24, 2.45) is 11.7 Å². The molecule has 1 aliphatic rings. The van der Waals surface area contributed by atoms with E-state index < -0.39 is 0 Å². The van der Waals surface area contributed by atoms with E-state index in [4.69, 9.17) is 5.73 Å². The third kappa shape index (κ3) is 2.16. The highest BCUT2D eigenvalue weighted by Gasteiger charge is 2.30. The van der Waals surface area contributed by atoms with Crippen LogP contribution in [0.5, 0.6) is 0 Å². The zero-order chi connectivity index (χ0) is 10.8. The number of anilines is 1. The molecular formula is C11H16BrN3. The van der Waals surface area contributed by atoms with E-state index in [1.54, 1.807) is 0 Å². The summed E-state index contributed by atoms with van der Waals surface area (Å²) in [6.45, 7) is 4.03. The highest BCUT2D eigenvalue weighted by atomic mass is 79.9. The molecule has 2 unspecified atom stereocenters. The van der Waals surface area contributed by atoms with Crippen LogP contribution in [0, 0.1) is 5.92 Å². The summed E-state index contributed by atoms with van der Waals surface area (Å²) in [4.78, 5) is 6.73. The van der Waals surface area contributed by atoms with E-state index in [9.17, 15) is 0 Å². The first-order valence-corrected chi connectivity index (χ1v) is 6.10. The Kier molecular flexibility index (Phi) is 3.26. The van der Waals surface area contributed by atoms with Crippen molar-refractivity contribution in [1.82, 2.24) is 4.98 Å². The molecule has 15 heavy (non-hydrogen) atoms. The van der Waals surface area contributed by atoms with E-state index in [0.29, 0.717) is 18.5 Å². The van der Waals surface area contributed by atoms with Crippen LogP contribution in [-0.2, 0) is 0 Å². The van der Waals surface area contributed by atoms with Crippen molar-refractivity contribution in [3.05, 3.63) is 22.8 Å². The van der Waals surface area contributed by atoms with Crippen LogP contribution in [0.25, 0.3) is 0 Å². The summed E-state index contributed by atoms with van der Waals surface area (Å²) in [5, 5.41) is 0. The molecule has 0 spiro atoms. The van der Waals surface area contributed by atoms with Crippen molar-refractivity contribution in [3.63, 3.8) is 0 Å². The second kappa shape index (κ2) is 4.49. The van der Waals surface area contributed by atoms with E-state index in [1.165, 1.54) is 6.42 Å². The number of rotatable bonds is 2. The lowest BCUT2D eigenvalue weighted by Gasteiger charge is -2.26. The van der Waals surface area contributed by atoms with Crippen LogP contribution >= 0.6 is 15.9 Å². The highest BCUT2D eigenvalue weighted by molar-refractivity contribution is 9.10. The average Bonchev–Trinajstić information content (AvgIpc) is 2.61. The fraction of sp³-hybridized carbons (Fsp3) is 0.545. The van der Waals surface area contributed by atoms with Crippen LogP contribution in [0.15, 0.2) is 22.8 Å². The molecule has 1 fully saturated rings. The smallest absolute Gasteiger partial charge is 0.128 e. The molecule has 0 aromatic carbocycles. The summed E-state index contributed by atoms with van der Waals surface area (Å²) in [5.41, 5.74) is 5.80. The van der Waals surface area contributed by atoms with Gasteiger partial charge in [-0.05, 0) is 40.4 Å². The maximum Gasteiger partial charge on any atom is 0.128 e. The minimum Gasteiger partial charge on any atom is -0.352 e. The summed E-state index contributed by atoms with van der Waals surface area (Å²) >= 11 is 3.39. The van der Waals surface area contributed by atoms with Gasteiger partial charge in [0.2, 0.25) is 0 Å². The monoisotopic (exact) mass is 269 g/mol. The van der Waals surface area contributed by atoms with Crippen molar-refractivity contribution in [1.29, 1.82) is 0 Å². The first kappa shape index (κ1) is 10.9. The molecule has 3 nitrogen and oxygen atoms in total. The Morgan fingerprint density at radius 1 is 1.60 bits per heavy atom. The topological polar surface area (TPSA) is 42.2 Å². The Hall–Kier alpha value is -0.610. The summed E-state index contributed by atoms with van der Waals surface area (Å²) in [6.07, 6.45) is 3.05. The number of hydrogen-bond acceptors (Lipinski definition) is 3. The molecule has 0 bridgehead atoms. The Balaban J connectivity index is 2.20. The van der Waals surface area contributed by atoms with Gasteiger partial charge in [0.15, 0.2) is 0 Å². The van der Waals surface area contributed by atoms with Gasteiger partial charge in [-0.3, -0.25) is 0 Å². The number of hydrogen-bond donors (Lipinski definition) is 1. The standard InChI is InChI=1S/C11H16BrN3/c1-8-4-5-15(10(8)6-13)11-3-2-9(12)7-14-11/h2-3,7-8,10H,4-6,13H2,1H3. The largest absolute Gasteiger partial charge is 0.352 e. The second-order valence-corrected chi connectivity index (χ2v) is 5.01. The van der Waals surface area contributed by atoms with Crippen molar-refractivity contribution in [2.45, 2.75) is 19.4 Å². The third-order valence-corrected chi connectivity index (χ3v) is 3.60. The molecule has 0 saturated carbocycles. The zero-order valence-electron chi connectivity index (χ0n) is 8.86. The Morgan fingerprint density at radius 3 is 3.00 bits per heavy atom.